The van der Waals surface area contributed by atoms with Gasteiger partial charge in [0.25, 0.3) is 0 Å². The fourth-order valence-corrected chi connectivity index (χ4v) is 3.34. The van der Waals surface area contributed by atoms with Crippen molar-refractivity contribution in [2.24, 2.45) is 5.92 Å². The Bertz CT molecular complexity index is 566. The lowest BCUT2D eigenvalue weighted by Crippen LogP contribution is -2.50. The lowest BCUT2D eigenvalue weighted by atomic mass is 9.82. The zero-order valence-electron chi connectivity index (χ0n) is 14.6. The number of amides is 1. The van der Waals surface area contributed by atoms with Gasteiger partial charge in [-0.25, -0.2) is 4.39 Å². The van der Waals surface area contributed by atoms with Crippen molar-refractivity contribution >= 4 is 18.3 Å². The topological polar surface area (TPSA) is 32.3 Å². The van der Waals surface area contributed by atoms with E-state index >= 15 is 0 Å². The molecule has 1 aliphatic heterocycles. The number of nitrogens with one attached hydrogen (secondary N) is 1. The van der Waals surface area contributed by atoms with Crippen LogP contribution in [0.4, 0.5) is 4.39 Å². The number of likely N-dealkylation sites (tertiary alicyclic amines) is 1. The molecule has 1 aromatic rings. The summed E-state index contributed by atoms with van der Waals surface area (Å²) < 4.78 is 13.5. The third-order valence-corrected chi connectivity index (χ3v) is 5.26. The summed E-state index contributed by atoms with van der Waals surface area (Å²) in [5, 5.41) is 3.63. The van der Waals surface area contributed by atoms with Crippen molar-refractivity contribution in [1.82, 2.24) is 10.2 Å². The molecule has 0 unspecified atom stereocenters. The van der Waals surface area contributed by atoms with Gasteiger partial charge in [0, 0.05) is 19.1 Å². The minimum atomic E-state index is -0.684. The van der Waals surface area contributed by atoms with Crippen molar-refractivity contribution in [3.63, 3.8) is 0 Å². The summed E-state index contributed by atoms with van der Waals surface area (Å²) in [6.45, 7) is 6.50. The highest BCUT2D eigenvalue weighted by Crippen LogP contribution is 2.29. The van der Waals surface area contributed by atoms with Gasteiger partial charge < -0.3 is 10.2 Å². The van der Waals surface area contributed by atoms with Crippen LogP contribution < -0.4 is 5.32 Å². The van der Waals surface area contributed by atoms with Gasteiger partial charge >= 0.3 is 0 Å². The molecule has 1 aromatic carbocycles. The Morgan fingerprint density at radius 2 is 1.92 bits per heavy atom. The van der Waals surface area contributed by atoms with Crippen molar-refractivity contribution in [2.75, 3.05) is 19.6 Å². The summed E-state index contributed by atoms with van der Waals surface area (Å²) in [4.78, 5) is 14.8. The van der Waals surface area contributed by atoms with Crippen molar-refractivity contribution in [3.8, 4) is 0 Å². The van der Waals surface area contributed by atoms with E-state index in [9.17, 15) is 9.18 Å². The van der Waals surface area contributed by atoms with Gasteiger partial charge in [0.1, 0.15) is 5.82 Å². The molecule has 24 heavy (non-hydrogen) atoms. The number of carbonyl (C=O) groups is 1. The number of benzene rings is 1. The Morgan fingerprint density at radius 3 is 2.50 bits per heavy atom. The minimum absolute atomic E-state index is 0. The molecule has 1 saturated heterocycles. The van der Waals surface area contributed by atoms with E-state index in [1.165, 1.54) is 25.0 Å². The van der Waals surface area contributed by atoms with E-state index in [4.69, 9.17) is 0 Å². The van der Waals surface area contributed by atoms with Gasteiger partial charge in [-0.15, -0.1) is 12.4 Å². The summed E-state index contributed by atoms with van der Waals surface area (Å²) in [7, 11) is 0. The molecule has 1 saturated carbocycles. The van der Waals surface area contributed by atoms with Crippen LogP contribution >= 0.6 is 12.4 Å². The van der Waals surface area contributed by atoms with E-state index in [2.05, 4.69) is 5.32 Å². The average molecular weight is 355 g/mol. The molecule has 3 rings (SSSR count). The van der Waals surface area contributed by atoms with Crippen molar-refractivity contribution in [1.29, 1.82) is 0 Å². The first kappa shape index (κ1) is 19.2. The molecule has 1 N–H and O–H groups in total. The molecule has 5 heteroatoms. The summed E-state index contributed by atoms with van der Waals surface area (Å²) in [5.41, 5.74) is 0.0626. The second-order valence-corrected chi connectivity index (χ2v) is 7.55. The summed E-state index contributed by atoms with van der Waals surface area (Å²) in [6, 6.07) is 6.94. The minimum Gasteiger partial charge on any atom is -0.342 e. The maximum atomic E-state index is 13.5. The first-order chi connectivity index (χ1) is 11.0. The predicted molar refractivity (Wildman–Crippen MR) is 97.0 cm³/mol. The highest BCUT2D eigenvalue weighted by Gasteiger charge is 2.35. The van der Waals surface area contributed by atoms with E-state index in [1.54, 1.807) is 6.07 Å². The largest absolute Gasteiger partial charge is 0.342 e. The molecule has 1 heterocycles. The van der Waals surface area contributed by atoms with Crippen LogP contribution in [-0.2, 0) is 10.2 Å². The van der Waals surface area contributed by atoms with Gasteiger partial charge in [-0.1, -0.05) is 12.1 Å². The van der Waals surface area contributed by atoms with Crippen molar-refractivity contribution in [3.05, 3.63) is 35.6 Å². The fourth-order valence-electron chi connectivity index (χ4n) is 3.34. The molecule has 0 aromatic heterocycles. The summed E-state index contributed by atoms with van der Waals surface area (Å²) >= 11 is 0. The van der Waals surface area contributed by atoms with Crippen LogP contribution in [0, 0.1) is 11.7 Å². The number of hydrogen-bond acceptors (Lipinski definition) is 2. The van der Waals surface area contributed by atoms with Gasteiger partial charge in [0.15, 0.2) is 0 Å². The lowest BCUT2D eigenvalue weighted by molar-refractivity contribution is -0.137. The van der Waals surface area contributed by atoms with Crippen LogP contribution in [0.1, 0.15) is 45.1 Å². The van der Waals surface area contributed by atoms with Gasteiger partial charge in [0.2, 0.25) is 5.91 Å². The van der Waals surface area contributed by atoms with Gasteiger partial charge in [-0.2, -0.15) is 0 Å². The summed E-state index contributed by atoms with van der Waals surface area (Å²) in [5.74, 6) is 0.705. The average Bonchev–Trinajstić information content (AvgIpc) is 3.37. The van der Waals surface area contributed by atoms with Crippen LogP contribution in [0.5, 0.6) is 0 Å². The molecular formula is C19H28ClFN2O. The highest BCUT2D eigenvalue weighted by atomic mass is 35.5. The monoisotopic (exact) mass is 354 g/mol. The molecule has 134 valence electrons. The second-order valence-electron chi connectivity index (χ2n) is 7.55. The Kier molecular flexibility index (Phi) is 6.27. The Labute approximate surface area is 150 Å². The number of rotatable bonds is 5. The lowest BCUT2D eigenvalue weighted by Gasteiger charge is -2.37. The number of piperidine rings is 1. The smallest absolute Gasteiger partial charge is 0.232 e. The van der Waals surface area contributed by atoms with Crippen LogP contribution in [-0.4, -0.2) is 36.5 Å². The Balaban J connectivity index is 0.00000208. The molecular weight excluding hydrogens is 327 g/mol. The van der Waals surface area contributed by atoms with E-state index in [1.807, 2.05) is 24.8 Å². The van der Waals surface area contributed by atoms with Crippen molar-refractivity contribution < 1.29 is 9.18 Å². The number of nitrogens with zero attached hydrogens (tertiary/aromatic N) is 1. The first-order valence-corrected chi connectivity index (χ1v) is 8.75. The van der Waals surface area contributed by atoms with E-state index in [0.29, 0.717) is 6.04 Å². The normalized spacial score (nSPS) is 19.0. The second kappa shape index (κ2) is 7.83. The quantitative estimate of drug-likeness (QED) is 0.877. The standard InChI is InChI=1S/C19H27FN2O.ClH/c1-19(2,15-4-3-5-16(20)12-15)18(23)22-10-8-17(9-11-22)21-13-14-6-7-14;/h3-5,12,14,17,21H,6-11,13H2,1-2H3;1H. The fraction of sp³-hybridized carbons (Fsp3) is 0.632. The molecule has 0 spiro atoms. The molecule has 0 atom stereocenters. The van der Waals surface area contributed by atoms with Gasteiger partial charge in [0.05, 0.1) is 5.41 Å². The van der Waals surface area contributed by atoms with Gasteiger partial charge in [-0.05, 0) is 69.7 Å². The zero-order chi connectivity index (χ0) is 16.4. The third kappa shape index (κ3) is 4.48. The van der Waals surface area contributed by atoms with Crippen LogP contribution in [0.15, 0.2) is 24.3 Å². The van der Waals surface area contributed by atoms with Crippen LogP contribution in [0.25, 0.3) is 0 Å². The molecule has 3 nitrogen and oxygen atoms in total. The van der Waals surface area contributed by atoms with Crippen LogP contribution in [0.2, 0.25) is 0 Å². The summed E-state index contributed by atoms with van der Waals surface area (Å²) in [6.07, 6.45) is 4.76. The third-order valence-electron chi connectivity index (χ3n) is 5.26. The number of halogens is 2. The molecule has 0 radical (unpaired) electrons. The van der Waals surface area contributed by atoms with E-state index in [-0.39, 0.29) is 24.1 Å². The van der Waals surface area contributed by atoms with E-state index < -0.39 is 5.41 Å². The SMILES string of the molecule is CC(C)(C(=O)N1CCC(NCC2CC2)CC1)c1cccc(F)c1.Cl. The molecule has 0 bridgehead atoms. The maximum Gasteiger partial charge on any atom is 0.232 e. The molecule has 2 aliphatic rings. The number of hydrogen-bond donors (Lipinski definition) is 1. The van der Waals surface area contributed by atoms with Crippen LogP contribution in [0.3, 0.4) is 0 Å². The maximum absolute atomic E-state index is 13.5. The molecule has 1 aliphatic carbocycles. The Hall–Kier alpha value is -1.13. The van der Waals surface area contributed by atoms with Crippen molar-refractivity contribution in [2.45, 2.75) is 51.0 Å². The molecule has 1 amide bonds. The molecule has 2 fully saturated rings. The first-order valence-electron chi connectivity index (χ1n) is 8.75. The Morgan fingerprint density at radius 1 is 1.25 bits per heavy atom. The number of carbonyl (C=O) groups excluding carboxylic acids is 1. The zero-order valence-corrected chi connectivity index (χ0v) is 15.4. The predicted octanol–water partition coefficient (Wildman–Crippen LogP) is 3.52. The van der Waals surface area contributed by atoms with E-state index in [0.717, 1.165) is 44.0 Å². The van der Waals surface area contributed by atoms with Gasteiger partial charge in [-0.3, -0.25) is 4.79 Å². The highest BCUT2D eigenvalue weighted by molar-refractivity contribution is 5.87.